The van der Waals surface area contributed by atoms with Crippen LogP contribution in [0, 0.1) is 6.92 Å². The van der Waals surface area contributed by atoms with Crippen LogP contribution in [0.2, 0.25) is 0 Å². The maximum atomic E-state index is 4.27. The Bertz CT molecular complexity index is 469. The fourth-order valence-corrected chi connectivity index (χ4v) is 1.30. The summed E-state index contributed by atoms with van der Waals surface area (Å²) in [5, 5.41) is 6.03. The first-order valence-electron chi connectivity index (χ1n) is 4.99. The van der Waals surface area contributed by atoms with Crippen LogP contribution in [0.4, 0.5) is 17.6 Å². The molecule has 5 nitrogen and oxygen atoms in total. The molecule has 0 saturated heterocycles. The van der Waals surface area contributed by atoms with Crippen LogP contribution in [0.3, 0.4) is 0 Å². The van der Waals surface area contributed by atoms with Crippen molar-refractivity contribution in [2.24, 2.45) is 0 Å². The molecule has 5 heteroatoms. The normalized spacial score (nSPS) is 9.88. The molecular formula is C11H13N5. The van der Waals surface area contributed by atoms with Crippen molar-refractivity contribution in [1.82, 2.24) is 15.0 Å². The first-order valence-corrected chi connectivity index (χ1v) is 4.99. The summed E-state index contributed by atoms with van der Waals surface area (Å²) in [4.78, 5) is 12.7. The van der Waals surface area contributed by atoms with Crippen LogP contribution in [0.15, 0.2) is 30.5 Å². The maximum absolute atomic E-state index is 4.27. The van der Waals surface area contributed by atoms with E-state index in [4.69, 9.17) is 0 Å². The second-order valence-electron chi connectivity index (χ2n) is 3.31. The summed E-state index contributed by atoms with van der Waals surface area (Å²) < 4.78 is 0. The SMILES string of the molecule is CNc1cc(C)nc(Nc2ccccn2)n1. The van der Waals surface area contributed by atoms with Crippen LogP contribution in [-0.2, 0) is 0 Å². The van der Waals surface area contributed by atoms with Crippen LogP contribution in [0.5, 0.6) is 0 Å². The lowest BCUT2D eigenvalue weighted by molar-refractivity contribution is 1.09. The number of anilines is 3. The smallest absolute Gasteiger partial charge is 0.230 e. The van der Waals surface area contributed by atoms with Gasteiger partial charge in [-0.25, -0.2) is 9.97 Å². The molecule has 2 N–H and O–H groups in total. The van der Waals surface area contributed by atoms with E-state index in [1.54, 1.807) is 6.20 Å². The zero-order valence-electron chi connectivity index (χ0n) is 9.23. The monoisotopic (exact) mass is 215 g/mol. The molecule has 0 amide bonds. The van der Waals surface area contributed by atoms with E-state index in [1.807, 2.05) is 38.2 Å². The summed E-state index contributed by atoms with van der Waals surface area (Å²) in [5.74, 6) is 2.06. The van der Waals surface area contributed by atoms with Crippen molar-refractivity contribution in [3.8, 4) is 0 Å². The summed E-state index contributed by atoms with van der Waals surface area (Å²) in [5.41, 5.74) is 0.901. The zero-order valence-corrected chi connectivity index (χ0v) is 9.23. The molecule has 0 aromatic carbocycles. The van der Waals surface area contributed by atoms with Gasteiger partial charge in [0.15, 0.2) is 0 Å². The molecule has 0 aliphatic rings. The molecule has 0 spiro atoms. The first kappa shape index (κ1) is 10.4. The van der Waals surface area contributed by atoms with Crippen molar-refractivity contribution in [3.63, 3.8) is 0 Å². The summed E-state index contributed by atoms with van der Waals surface area (Å²) in [6, 6.07) is 7.51. The van der Waals surface area contributed by atoms with Crippen molar-refractivity contribution in [1.29, 1.82) is 0 Å². The first-order chi connectivity index (χ1) is 7.78. The second-order valence-corrected chi connectivity index (χ2v) is 3.31. The average molecular weight is 215 g/mol. The molecule has 0 fully saturated rings. The zero-order chi connectivity index (χ0) is 11.4. The topological polar surface area (TPSA) is 62.7 Å². The summed E-state index contributed by atoms with van der Waals surface area (Å²) in [7, 11) is 1.83. The van der Waals surface area contributed by atoms with E-state index in [1.165, 1.54) is 0 Å². The van der Waals surface area contributed by atoms with Gasteiger partial charge < -0.3 is 10.6 Å². The highest BCUT2D eigenvalue weighted by Gasteiger charge is 2.01. The van der Waals surface area contributed by atoms with Gasteiger partial charge >= 0.3 is 0 Å². The van der Waals surface area contributed by atoms with Gasteiger partial charge in [-0.3, -0.25) is 0 Å². The predicted octanol–water partition coefficient (Wildman–Crippen LogP) is 1.97. The number of rotatable bonds is 3. The van der Waals surface area contributed by atoms with Crippen LogP contribution in [0.25, 0.3) is 0 Å². The van der Waals surface area contributed by atoms with Crippen LogP contribution in [0.1, 0.15) is 5.69 Å². The Morgan fingerprint density at radius 1 is 1.12 bits per heavy atom. The molecule has 0 aliphatic heterocycles. The Morgan fingerprint density at radius 2 is 2.00 bits per heavy atom. The fraction of sp³-hybridized carbons (Fsp3) is 0.182. The van der Waals surface area contributed by atoms with Gasteiger partial charge in [0.2, 0.25) is 5.95 Å². The van der Waals surface area contributed by atoms with Gasteiger partial charge in [0.25, 0.3) is 0 Å². The molecule has 2 aromatic rings. The lowest BCUT2D eigenvalue weighted by atomic mass is 10.4. The minimum atomic E-state index is 0.544. The molecule has 16 heavy (non-hydrogen) atoms. The Morgan fingerprint density at radius 3 is 2.69 bits per heavy atom. The molecule has 0 unspecified atom stereocenters. The van der Waals surface area contributed by atoms with Crippen molar-refractivity contribution in [3.05, 3.63) is 36.2 Å². The number of hydrogen-bond donors (Lipinski definition) is 2. The number of nitrogens with one attached hydrogen (secondary N) is 2. The molecule has 0 radical (unpaired) electrons. The van der Waals surface area contributed by atoms with Crippen molar-refractivity contribution in [2.45, 2.75) is 6.92 Å². The van der Waals surface area contributed by atoms with E-state index in [9.17, 15) is 0 Å². The van der Waals surface area contributed by atoms with Gasteiger partial charge in [-0.15, -0.1) is 0 Å². The van der Waals surface area contributed by atoms with E-state index >= 15 is 0 Å². The maximum Gasteiger partial charge on any atom is 0.230 e. The summed E-state index contributed by atoms with van der Waals surface area (Å²) in [6.45, 7) is 1.92. The van der Waals surface area contributed by atoms with Gasteiger partial charge in [0, 0.05) is 25.0 Å². The van der Waals surface area contributed by atoms with E-state index in [0.717, 1.165) is 17.3 Å². The highest BCUT2D eigenvalue weighted by atomic mass is 15.2. The second kappa shape index (κ2) is 4.57. The van der Waals surface area contributed by atoms with Crippen LogP contribution >= 0.6 is 0 Å². The van der Waals surface area contributed by atoms with Crippen LogP contribution in [-0.4, -0.2) is 22.0 Å². The van der Waals surface area contributed by atoms with E-state index in [-0.39, 0.29) is 0 Å². The predicted molar refractivity (Wildman–Crippen MR) is 63.8 cm³/mol. The number of pyridine rings is 1. The van der Waals surface area contributed by atoms with Gasteiger partial charge in [0.1, 0.15) is 11.6 Å². The number of aryl methyl sites for hydroxylation is 1. The lowest BCUT2D eigenvalue weighted by Gasteiger charge is -2.06. The molecular weight excluding hydrogens is 202 g/mol. The Hall–Kier alpha value is -2.17. The summed E-state index contributed by atoms with van der Waals surface area (Å²) >= 11 is 0. The van der Waals surface area contributed by atoms with Gasteiger partial charge in [-0.1, -0.05) is 6.07 Å². The third-order valence-corrected chi connectivity index (χ3v) is 2.02. The van der Waals surface area contributed by atoms with E-state index in [0.29, 0.717) is 5.95 Å². The minimum absolute atomic E-state index is 0.544. The number of hydrogen-bond acceptors (Lipinski definition) is 5. The molecule has 2 aromatic heterocycles. The lowest BCUT2D eigenvalue weighted by Crippen LogP contribution is -2.02. The van der Waals surface area contributed by atoms with Gasteiger partial charge in [-0.2, -0.15) is 4.98 Å². The summed E-state index contributed by atoms with van der Waals surface area (Å²) in [6.07, 6.45) is 1.72. The number of aromatic nitrogens is 3. The van der Waals surface area contributed by atoms with Crippen molar-refractivity contribution < 1.29 is 0 Å². The minimum Gasteiger partial charge on any atom is -0.373 e. The standard InChI is InChI=1S/C11H13N5/c1-8-7-10(12-2)16-11(14-8)15-9-5-3-4-6-13-9/h3-7H,1-2H3,(H2,12,13,14,15,16). The molecule has 0 saturated carbocycles. The molecule has 82 valence electrons. The third-order valence-electron chi connectivity index (χ3n) is 2.02. The van der Waals surface area contributed by atoms with Crippen LogP contribution < -0.4 is 10.6 Å². The molecule has 2 heterocycles. The largest absolute Gasteiger partial charge is 0.373 e. The molecule has 0 aliphatic carbocycles. The quantitative estimate of drug-likeness (QED) is 0.819. The number of nitrogens with zero attached hydrogens (tertiary/aromatic N) is 3. The Labute approximate surface area is 94.0 Å². The highest BCUT2D eigenvalue weighted by molar-refractivity contribution is 5.50. The Kier molecular flexibility index (Phi) is 2.95. The van der Waals surface area contributed by atoms with E-state index in [2.05, 4.69) is 25.6 Å². The molecule has 0 bridgehead atoms. The van der Waals surface area contributed by atoms with Gasteiger partial charge in [0.05, 0.1) is 0 Å². The van der Waals surface area contributed by atoms with Gasteiger partial charge in [-0.05, 0) is 19.1 Å². The highest BCUT2D eigenvalue weighted by Crippen LogP contribution is 2.12. The fourth-order valence-electron chi connectivity index (χ4n) is 1.30. The third kappa shape index (κ3) is 2.44. The average Bonchev–Trinajstić information content (AvgIpc) is 2.29. The molecule has 2 rings (SSSR count). The van der Waals surface area contributed by atoms with Crippen molar-refractivity contribution in [2.75, 3.05) is 17.7 Å². The van der Waals surface area contributed by atoms with Crippen molar-refractivity contribution >= 4 is 17.6 Å². The van der Waals surface area contributed by atoms with E-state index < -0.39 is 0 Å². The Balaban J connectivity index is 2.24. The molecule has 0 atom stereocenters.